The normalized spacial score (nSPS) is 11.6. The molecule has 8 nitrogen and oxygen atoms in total. The van der Waals surface area contributed by atoms with Gasteiger partial charge in [0, 0.05) is 61.8 Å². The first-order valence-corrected chi connectivity index (χ1v) is 20.3. The minimum absolute atomic E-state index is 0.116. The van der Waals surface area contributed by atoms with Crippen LogP contribution in [-0.4, -0.2) is 36.0 Å². The number of anilines is 2. The molecular formula is C48H64N4O4. The zero-order valence-corrected chi connectivity index (χ0v) is 35.8. The van der Waals surface area contributed by atoms with E-state index in [-0.39, 0.29) is 21.2 Å². The predicted molar refractivity (Wildman–Crippen MR) is 240 cm³/mol. The summed E-state index contributed by atoms with van der Waals surface area (Å²) < 4.78 is 0. The average molecular weight is 761 g/mol. The smallest absolute Gasteiger partial charge is 0.269 e. The van der Waals surface area contributed by atoms with Gasteiger partial charge in [-0.2, -0.15) is 0 Å². The van der Waals surface area contributed by atoms with Gasteiger partial charge in [0.25, 0.3) is 11.4 Å². The predicted octanol–water partition coefficient (Wildman–Crippen LogP) is 13.7. The third-order valence-corrected chi connectivity index (χ3v) is 10.2. The average Bonchev–Trinajstić information content (AvgIpc) is 3.17. The van der Waals surface area contributed by atoms with E-state index in [4.69, 9.17) is 0 Å². The molecule has 0 atom stereocenters. The summed E-state index contributed by atoms with van der Waals surface area (Å²) in [6.45, 7) is 30.8. The van der Waals surface area contributed by atoms with E-state index in [9.17, 15) is 20.2 Å². The van der Waals surface area contributed by atoms with E-state index in [2.05, 4.69) is 129 Å². The second-order valence-corrected chi connectivity index (χ2v) is 15.4. The second kappa shape index (κ2) is 21.2. The Morgan fingerprint density at radius 1 is 0.446 bits per heavy atom. The van der Waals surface area contributed by atoms with Crippen LogP contribution in [0.15, 0.2) is 72.8 Å². The Balaban J connectivity index is 0.000000300. The molecule has 4 aromatic rings. The van der Waals surface area contributed by atoms with Crippen molar-refractivity contribution in [1.82, 2.24) is 0 Å². The molecular weight excluding hydrogens is 697 g/mol. The summed E-state index contributed by atoms with van der Waals surface area (Å²) in [6, 6.07) is 22.4. The first kappa shape index (κ1) is 45.2. The van der Waals surface area contributed by atoms with Crippen molar-refractivity contribution >= 4 is 47.1 Å². The van der Waals surface area contributed by atoms with Crippen LogP contribution in [0, 0.1) is 20.2 Å². The quantitative estimate of drug-likeness (QED) is 0.0641. The van der Waals surface area contributed by atoms with E-state index in [0.29, 0.717) is 23.7 Å². The van der Waals surface area contributed by atoms with Gasteiger partial charge in [-0.1, -0.05) is 79.7 Å². The highest BCUT2D eigenvalue weighted by atomic mass is 16.6. The maximum Gasteiger partial charge on any atom is 0.269 e. The van der Waals surface area contributed by atoms with Crippen molar-refractivity contribution in [3.63, 3.8) is 0 Å². The molecule has 0 saturated carbocycles. The highest BCUT2D eigenvalue weighted by Crippen LogP contribution is 2.38. The molecule has 0 radical (unpaired) electrons. The van der Waals surface area contributed by atoms with Crippen molar-refractivity contribution in [3.05, 3.63) is 138 Å². The fourth-order valence-corrected chi connectivity index (χ4v) is 6.97. The Bertz CT molecular complexity index is 1750. The van der Waals surface area contributed by atoms with E-state index in [1.165, 1.54) is 44.8 Å². The lowest BCUT2D eigenvalue weighted by molar-refractivity contribution is -0.385. The highest BCUT2D eigenvalue weighted by Gasteiger charge is 2.20. The van der Waals surface area contributed by atoms with E-state index >= 15 is 0 Å². The van der Waals surface area contributed by atoms with E-state index in [0.717, 1.165) is 37.3 Å². The molecule has 0 bridgehead atoms. The molecule has 56 heavy (non-hydrogen) atoms. The number of non-ortho nitro benzene ring substituents is 2. The van der Waals surface area contributed by atoms with Crippen molar-refractivity contribution in [2.45, 2.75) is 107 Å². The minimum Gasteiger partial charge on any atom is -0.372 e. The number of hydrogen-bond acceptors (Lipinski definition) is 6. The molecule has 0 heterocycles. The summed E-state index contributed by atoms with van der Waals surface area (Å²) in [6.07, 6.45) is 8.24. The van der Waals surface area contributed by atoms with Crippen LogP contribution in [0.5, 0.6) is 0 Å². The van der Waals surface area contributed by atoms with Gasteiger partial charge in [-0.15, -0.1) is 0 Å². The van der Waals surface area contributed by atoms with Gasteiger partial charge < -0.3 is 9.80 Å². The van der Waals surface area contributed by atoms with Crippen LogP contribution in [-0.2, 0) is 0 Å². The maximum atomic E-state index is 10.8. The monoisotopic (exact) mass is 760 g/mol. The molecule has 0 saturated heterocycles. The maximum absolute atomic E-state index is 10.8. The molecule has 0 aliphatic rings. The summed E-state index contributed by atoms with van der Waals surface area (Å²) in [5, 5.41) is 21.6. The van der Waals surface area contributed by atoms with Crippen LogP contribution in [0.25, 0.3) is 24.3 Å². The van der Waals surface area contributed by atoms with E-state index < -0.39 is 0 Å². The molecule has 0 amide bonds. The van der Waals surface area contributed by atoms with Crippen molar-refractivity contribution < 1.29 is 9.85 Å². The molecule has 0 aliphatic heterocycles. The summed E-state index contributed by atoms with van der Waals surface area (Å²) in [7, 11) is 0. The van der Waals surface area contributed by atoms with Crippen LogP contribution >= 0.6 is 0 Å². The largest absolute Gasteiger partial charge is 0.372 e. The van der Waals surface area contributed by atoms with Crippen molar-refractivity contribution in [2.75, 3.05) is 36.0 Å². The van der Waals surface area contributed by atoms with Gasteiger partial charge in [-0.3, -0.25) is 20.2 Å². The Morgan fingerprint density at radius 2 is 0.679 bits per heavy atom. The zero-order valence-electron chi connectivity index (χ0n) is 35.8. The number of nitro benzene ring substituents is 2. The topological polar surface area (TPSA) is 92.8 Å². The zero-order chi connectivity index (χ0) is 41.7. The molecule has 0 N–H and O–H groups in total. The number of hydrogen-bond donors (Lipinski definition) is 0. The summed E-state index contributed by atoms with van der Waals surface area (Å²) in [5.41, 5.74) is 12.7. The fourth-order valence-electron chi connectivity index (χ4n) is 6.97. The number of benzene rings is 4. The van der Waals surface area contributed by atoms with Gasteiger partial charge >= 0.3 is 0 Å². The molecule has 300 valence electrons. The first-order chi connectivity index (χ1) is 26.6. The summed E-state index contributed by atoms with van der Waals surface area (Å²) in [4.78, 5) is 25.8. The standard InChI is InChI=1S/2C24H32N2O2/c2*1-7-25(8-2)24-22(17(3)4)15-20(16-23(24)18(5)6)10-9-19-11-13-21(14-12-19)26(27)28/h2*9-18H,7-8H2,1-6H3/b2*10-9+. The van der Waals surface area contributed by atoms with E-state index in [1.807, 2.05) is 12.2 Å². The van der Waals surface area contributed by atoms with Gasteiger partial charge in [0.1, 0.15) is 0 Å². The molecule has 4 rings (SSSR count). The van der Waals surface area contributed by atoms with Gasteiger partial charge in [0.2, 0.25) is 0 Å². The van der Waals surface area contributed by atoms with Crippen LogP contribution in [0.1, 0.15) is 151 Å². The van der Waals surface area contributed by atoms with Gasteiger partial charge in [-0.25, -0.2) is 0 Å². The van der Waals surface area contributed by atoms with Crippen molar-refractivity contribution in [3.8, 4) is 0 Å². The van der Waals surface area contributed by atoms with E-state index in [1.54, 1.807) is 48.5 Å². The summed E-state index contributed by atoms with van der Waals surface area (Å²) in [5.74, 6) is 1.73. The Labute approximate surface area is 336 Å². The van der Waals surface area contributed by atoms with Crippen LogP contribution in [0.4, 0.5) is 22.7 Å². The number of nitro groups is 2. The molecule has 0 aliphatic carbocycles. The SMILES string of the molecule is CCN(CC)c1c(C(C)C)cc(/C=C/c2ccc([N+](=O)[O-])cc2)cc1C(C)C.CCN(CC)c1c(C(C)C)cc(/C=C/c2ccc([N+](=O)[O-])cc2)cc1C(C)C. The van der Waals surface area contributed by atoms with Gasteiger partial charge in [0.15, 0.2) is 0 Å². The van der Waals surface area contributed by atoms with Crippen molar-refractivity contribution in [1.29, 1.82) is 0 Å². The van der Waals surface area contributed by atoms with Crippen LogP contribution < -0.4 is 9.80 Å². The summed E-state index contributed by atoms with van der Waals surface area (Å²) >= 11 is 0. The van der Waals surface area contributed by atoms with Gasteiger partial charge in [-0.05, 0) is 144 Å². The Hall–Kier alpha value is -5.24. The lowest BCUT2D eigenvalue weighted by Gasteiger charge is -2.30. The lowest BCUT2D eigenvalue weighted by Crippen LogP contribution is -2.25. The lowest BCUT2D eigenvalue weighted by atomic mass is 9.89. The van der Waals surface area contributed by atoms with Gasteiger partial charge in [0.05, 0.1) is 9.85 Å². The first-order valence-electron chi connectivity index (χ1n) is 20.3. The molecule has 0 fully saturated rings. The number of nitrogens with zero attached hydrogens (tertiary/aromatic N) is 4. The molecule has 8 heteroatoms. The second-order valence-electron chi connectivity index (χ2n) is 15.4. The molecule has 4 aromatic carbocycles. The minimum atomic E-state index is -0.372. The van der Waals surface area contributed by atoms with Crippen LogP contribution in [0.3, 0.4) is 0 Å². The van der Waals surface area contributed by atoms with Crippen LogP contribution in [0.2, 0.25) is 0 Å². The molecule has 0 spiro atoms. The third kappa shape index (κ3) is 11.9. The van der Waals surface area contributed by atoms with Crippen molar-refractivity contribution in [2.24, 2.45) is 0 Å². The third-order valence-electron chi connectivity index (χ3n) is 10.2. The number of rotatable bonds is 16. The highest BCUT2D eigenvalue weighted by molar-refractivity contribution is 5.76. The molecule has 0 aromatic heterocycles. The Morgan fingerprint density at radius 3 is 0.875 bits per heavy atom. The molecule has 0 unspecified atom stereocenters. The fraction of sp³-hybridized carbons (Fsp3) is 0.417. The Kier molecular flexibility index (Phi) is 17.1.